The summed E-state index contributed by atoms with van der Waals surface area (Å²) in [6.45, 7) is 2.00. The van der Waals surface area contributed by atoms with E-state index >= 15 is 0 Å². The Balaban J connectivity index is 1.83. The van der Waals surface area contributed by atoms with Crippen molar-refractivity contribution >= 4 is 40.3 Å². The summed E-state index contributed by atoms with van der Waals surface area (Å²) in [7, 11) is 0. The molecule has 2 aliphatic rings. The van der Waals surface area contributed by atoms with E-state index in [4.69, 9.17) is 12.2 Å². The monoisotopic (exact) mass is 339 g/mol. The zero-order valence-corrected chi connectivity index (χ0v) is 14.5. The molecule has 1 aromatic carbocycles. The molecule has 1 aliphatic heterocycles. The van der Waals surface area contributed by atoms with Gasteiger partial charge in [-0.15, -0.1) is 0 Å². The van der Waals surface area contributed by atoms with Gasteiger partial charge in [-0.1, -0.05) is 72.5 Å². The second-order valence-corrected chi connectivity index (χ2v) is 7.10. The Kier molecular flexibility index (Phi) is 4.94. The zero-order chi connectivity index (χ0) is 16.2. The second kappa shape index (κ2) is 7.11. The van der Waals surface area contributed by atoms with E-state index in [0.717, 1.165) is 29.7 Å². The molecule has 2 nitrogen and oxygen atoms in total. The highest BCUT2D eigenvalue weighted by atomic mass is 32.2. The number of allylic oxidation sites excluding steroid dienone is 5. The predicted octanol–water partition coefficient (Wildman–Crippen LogP) is 5.07. The molecular weight excluding hydrogens is 322 g/mol. The number of hydrogen-bond donors (Lipinski definition) is 0. The van der Waals surface area contributed by atoms with Crippen LogP contribution in [-0.4, -0.2) is 15.1 Å². The van der Waals surface area contributed by atoms with Gasteiger partial charge in [0.05, 0.1) is 4.91 Å². The van der Waals surface area contributed by atoms with Gasteiger partial charge in [-0.25, -0.2) is 0 Å². The molecular formula is C19H17NOS2. The number of carbonyl (C=O) groups is 1. The molecule has 0 saturated carbocycles. The van der Waals surface area contributed by atoms with Gasteiger partial charge in [-0.05, 0) is 43.1 Å². The van der Waals surface area contributed by atoms with Crippen molar-refractivity contribution in [1.82, 2.24) is 4.90 Å². The summed E-state index contributed by atoms with van der Waals surface area (Å²) >= 11 is 6.76. The van der Waals surface area contributed by atoms with Crippen molar-refractivity contribution in [3.63, 3.8) is 0 Å². The van der Waals surface area contributed by atoms with Crippen LogP contribution < -0.4 is 0 Å². The first-order valence-electron chi connectivity index (χ1n) is 7.53. The molecule has 0 spiro atoms. The molecule has 1 aliphatic carbocycles. The Hall–Kier alpha value is -1.91. The maximum absolute atomic E-state index is 12.7. The molecule has 1 amide bonds. The molecule has 116 valence electrons. The highest BCUT2D eigenvalue weighted by Gasteiger charge is 2.33. The SMILES string of the molecule is CC(=Cc1ccccc1)C=C1SC(=S)N(C2=CCCC=C2)C1=O. The van der Waals surface area contributed by atoms with E-state index in [2.05, 4.69) is 18.2 Å². The fourth-order valence-corrected chi connectivity index (χ4v) is 3.87. The lowest BCUT2D eigenvalue weighted by atomic mass is 10.1. The number of thioether (sulfide) groups is 1. The largest absolute Gasteiger partial charge is 0.270 e. The Labute approximate surface area is 146 Å². The fourth-order valence-electron chi connectivity index (χ4n) is 2.52. The molecule has 1 fully saturated rings. The average molecular weight is 339 g/mol. The lowest BCUT2D eigenvalue weighted by molar-refractivity contribution is -0.120. The van der Waals surface area contributed by atoms with Crippen molar-refractivity contribution in [3.8, 4) is 0 Å². The quantitative estimate of drug-likeness (QED) is 0.566. The minimum Gasteiger partial charge on any atom is -0.268 e. The van der Waals surface area contributed by atoms with Crippen molar-refractivity contribution in [2.45, 2.75) is 19.8 Å². The maximum atomic E-state index is 12.7. The van der Waals surface area contributed by atoms with Gasteiger partial charge in [0.2, 0.25) is 0 Å². The van der Waals surface area contributed by atoms with Crippen molar-refractivity contribution in [1.29, 1.82) is 0 Å². The van der Waals surface area contributed by atoms with Gasteiger partial charge in [-0.2, -0.15) is 0 Å². The van der Waals surface area contributed by atoms with E-state index in [-0.39, 0.29) is 5.91 Å². The highest BCUT2D eigenvalue weighted by Crippen LogP contribution is 2.35. The van der Waals surface area contributed by atoms with Crippen LogP contribution in [0.15, 0.2) is 70.8 Å². The third-order valence-corrected chi connectivity index (χ3v) is 4.88. The van der Waals surface area contributed by atoms with Gasteiger partial charge in [-0.3, -0.25) is 9.69 Å². The molecule has 23 heavy (non-hydrogen) atoms. The molecule has 1 aromatic rings. The third kappa shape index (κ3) is 3.71. The van der Waals surface area contributed by atoms with Crippen LogP contribution in [0.4, 0.5) is 0 Å². The van der Waals surface area contributed by atoms with Gasteiger partial charge < -0.3 is 0 Å². The van der Waals surface area contributed by atoms with E-state index in [0.29, 0.717) is 9.23 Å². The first-order chi connectivity index (χ1) is 11.1. The van der Waals surface area contributed by atoms with Crippen molar-refractivity contribution in [3.05, 3.63) is 76.4 Å². The van der Waals surface area contributed by atoms with Crippen LogP contribution in [0.2, 0.25) is 0 Å². The zero-order valence-electron chi connectivity index (χ0n) is 12.9. The van der Waals surface area contributed by atoms with Crippen molar-refractivity contribution in [2.24, 2.45) is 0 Å². The van der Waals surface area contributed by atoms with Gasteiger partial charge in [0.15, 0.2) is 4.32 Å². The smallest absolute Gasteiger partial charge is 0.268 e. The molecule has 0 bridgehead atoms. The standard InChI is InChI=1S/C19H17NOS2/c1-14(12-15-8-4-2-5-9-15)13-17-18(21)20(19(22)23-17)16-10-6-3-7-11-16/h2,4-6,8-13H,3,7H2,1H3. The second-order valence-electron chi connectivity index (χ2n) is 5.42. The van der Waals surface area contributed by atoms with E-state index in [1.165, 1.54) is 11.8 Å². The Morgan fingerprint density at radius 2 is 2.04 bits per heavy atom. The van der Waals surface area contributed by atoms with Crippen LogP contribution in [0.1, 0.15) is 25.3 Å². The summed E-state index contributed by atoms with van der Waals surface area (Å²) in [4.78, 5) is 15.0. The molecule has 4 heteroatoms. The number of carbonyl (C=O) groups excluding carboxylic acids is 1. The van der Waals surface area contributed by atoms with E-state index in [9.17, 15) is 4.79 Å². The number of amides is 1. The average Bonchev–Trinajstić information content (AvgIpc) is 2.83. The molecule has 0 aromatic heterocycles. The van der Waals surface area contributed by atoms with Gasteiger partial charge >= 0.3 is 0 Å². The summed E-state index contributed by atoms with van der Waals surface area (Å²) in [5, 5.41) is 0. The Bertz CT molecular complexity index is 757. The van der Waals surface area contributed by atoms with Gasteiger partial charge in [0.1, 0.15) is 0 Å². The molecule has 0 radical (unpaired) electrons. The molecule has 3 rings (SSSR count). The van der Waals surface area contributed by atoms with Gasteiger partial charge in [0.25, 0.3) is 5.91 Å². The summed E-state index contributed by atoms with van der Waals surface area (Å²) in [5.41, 5.74) is 3.05. The molecule has 0 unspecified atom stereocenters. The number of nitrogens with zero attached hydrogens (tertiary/aromatic N) is 1. The van der Waals surface area contributed by atoms with E-state index < -0.39 is 0 Å². The van der Waals surface area contributed by atoms with Gasteiger partial charge in [0, 0.05) is 5.70 Å². The van der Waals surface area contributed by atoms with Crippen molar-refractivity contribution in [2.75, 3.05) is 0 Å². The van der Waals surface area contributed by atoms with Crippen LogP contribution in [0, 0.1) is 0 Å². The summed E-state index contributed by atoms with van der Waals surface area (Å²) in [6, 6.07) is 10.1. The lowest BCUT2D eigenvalue weighted by Crippen LogP contribution is -2.27. The topological polar surface area (TPSA) is 20.3 Å². The van der Waals surface area contributed by atoms with E-state index in [1.807, 2.05) is 49.4 Å². The number of thiocarbonyl (C=S) groups is 1. The normalized spacial score (nSPS) is 20.4. The third-order valence-electron chi connectivity index (χ3n) is 3.58. The molecule has 1 saturated heterocycles. The van der Waals surface area contributed by atoms with Crippen LogP contribution in [0.5, 0.6) is 0 Å². The van der Waals surface area contributed by atoms with E-state index in [1.54, 1.807) is 4.90 Å². The lowest BCUT2D eigenvalue weighted by Gasteiger charge is -2.17. The minimum atomic E-state index is -0.0291. The number of hydrogen-bond acceptors (Lipinski definition) is 3. The molecule has 0 atom stereocenters. The van der Waals surface area contributed by atoms with Crippen molar-refractivity contribution < 1.29 is 4.79 Å². The number of benzene rings is 1. The first-order valence-corrected chi connectivity index (χ1v) is 8.75. The predicted molar refractivity (Wildman–Crippen MR) is 102 cm³/mol. The van der Waals surface area contributed by atoms with Crippen LogP contribution in [0.25, 0.3) is 6.08 Å². The molecule has 0 N–H and O–H groups in total. The highest BCUT2D eigenvalue weighted by molar-refractivity contribution is 8.26. The maximum Gasteiger partial charge on any atom is 0.270 e. The summed E-state index contributed by atoms with van der Waals surface area (Å²) in [6.07, 6.45) is 12.1. The summed E-state index contributed by atoms with van der Waals surface area (Å²) in [5.74, 6) is -0.0291. The van der Waals surface area contributed by atoms with Crippen LogP contribution >= 0.6 is 24.0 Å². The minimum absolute atomic E-state index is 0.0291. The fraction of sp³-hybridized carbons (Fsp3) is 0.158. The Morgan fingerprint density at radius 1 is 1.26 bits per heavy atom. The Morgan fingerprint density at radius 3 is 2.74 bits per heavy atom. The summed E-state index contributed by atoms with van der Waals surface area (Å²) < 4.78 is 0.603. The van der Waals surface area contributed by atoms with Crippen LogP contribution in [0.3, 0.4) is 0 Å². The molecule has 1 heterocycles. The number of rotatable bonds is 3. The first kappa shape index (κ1) is 16.0. The van der Waals surface area contributed by atoms with Crippen LogP contribution in [-0.2, 0) is 4.79 Å².